The molecule has 0 aliphatic carbocycles. The number of anilines is 1. The lowest BCUT2D eigenvalue weighted by Crippen LogP contribution is -2.37. The highest BCUT2D eigenvalue weighted by molar-refractivity contribution is 9.10. The third-order valence-electron chi connectivity index (χ3n) is 2.32. The fourth-order valence-corrected chi connectivity index (χ4v) is 2.19. The van der Waals surface area contributed by atoms with Gasteiger partial charge in [-0.05, 0) is 26.0 Å². The van der Waals surface area contributed by atoms with Gasteiger partial charge in [0.25, 0.3) is 5.91 Å². The molecule has 0 atom stereocenters. The van der Waals surface area contributed by atoms with Crippen LogP contribution in [-0.2, 0) is 0 Å². The van der Waals surface area contributed by atoms with Crippen LogP contribution in [0.25, 0.3) is 0 Å². The number of amides is 1. The Bertz CT molecular complexity index is 472. The van der Waals surface area contributed by atoms with Crippen LogP contribution in [-0.4, -0.2) is 30.2 Å². The summed E-state index contributed by atoms with van der Waals surface area (Å²) in [4.78, 5) is 12.9. The van der Waals surface area contributed by atoms with Gasteiger partial charge in [-0.3, -0.25) is 4.79 Å². The second-order valence-electron chi connectivity index (χ2n) is 4.81. The van der Waals surface area contributed by atoms with Crippen LogP contribution in [0.4, 0.5) is 10.1 Å². The normalized spacial score (nSPS) is 11.4. The molecule has 0 radical (unpaired) electrons. The van der Waals surface area contributed by atoms with E-state index in [9.17, 15) is 14.3 Å². The van der Waals surface area contributed by atoms with Gasteiger partial charge in [-0.25, -0.2) is 4.39 Å². The van der Waals surface area contributed by atoms with Gasteiger partial charge in [-0.1, -0.05) is 15.9 Å². The summed E-state index contributed by atoms with van der Waals surface area (Å²) in [5.41, 5.74) is 4.38. The highest BCUT2D eigenvalue weighted by Crippen LogP contribution is 2.28. The zero-order valence-corrected chi connectivity index (χ0v) is 12.1. The molecule has 0 heterocycles. The van der Waals surface area contributed by atoms with Crippen molar-refractivity contribution in [2.75, 3.05) is 18.5 Å². The molecule has 1 aromatic carbocycles. The van der Waals surface area contributed by atoms with Crippen molar-refractivity contribution in [3.63, 3.8) is 0 Å². The molecule has 0 bridgehead atoms. The molecule has 0 unspecified atom stereocenters. The highest BCUT2D eigenvalue weighted by Gasteiger charge is 2.22. The number of benzene rings is 1. The Morgan fingerprint density at radius 2 is 2.11 bits per heavy atom. The number of hydrogen-bond donors (Lipinski definition) is 2. The van der Waals surface area contributed by atoms with E-state index in [4.69, 9.17) is 5.73 Å². The lowest BCUT2D eigenvalue weighted by atomic mass is 10.1. The van der Waals surface area contributed by atoms with Crippen molar-refractivity contribution in [3.8, 4) is 0 Å². The Labute approximate surface area is 114 Å². The predicted octanol–water partition coefficient (Wildman–Crippen LogP) is 1.89. The largest absolute Gasteiger partial charge is 0.389 e. The van der Waals surface area contributed by atoms with E-state index in [2.05, 4.69) is 15.9 Å². The van der Waals surface area contributed by atoms with Gasteiger partial charge >= 0.3 is 0 Å². The average Bonchev–Trinajstić information content (AvgIpc) is 2.12. The van der Waals surface area contributed by atoms with Crippen LogP contribution in [0, 0.1) is 5.82 Å². The number of halogens is 2. The molecule has 3 N–H and O–H groups in total. The average molecular weight is 319 g/mol. The first-order valence-corrected chi connectivity index (χ1v) is 6.13. The first-order chi connectivity index (χ1) is 8.11. The van der Waals surface area contributed by atoms with Gasteiger partial charge in [-0.15, -0.1) is 0 Å². The van der Waals surface area contributed by atoms with Crippen LogP contribution in [0.15, 0.2) is 16.6 Å². The van der Waals surface area contributed by atoms with Crippen LogP contribution in [0.3, 0.4) is 0 Å². The van der Waals surface area contributed by atoms with Crippen LogP contribution in [0.5, 0.6) is 0 Å². The minimum absolute atomic E-state index is 0.176. The maximum absolute atomic E-state index is 13.7. The second kappa shape index (κ2) is 5.24. The molecule has 1 aromatic rings. The first kappa shape index (κ1) is 14.9. The maximum Gasteiger partial charge on any atom is 0.253 e. The Morgan fingerprint density at radius 3 is 2.56 bits per heavy atom. The number of nitrogens with two attached hydrogens (primary N) is 1. The van der Waals surface area contributed by atoms with Gasteiger partial charge in [0.1, 0.15) is 5.82 Å². The van der Waals surface area contributed by atoms with E-state index in [-0.39, 0.29) is 12.1 Å². The van der Waals surface area contributed by atoms with E-state index in [0.29, 0.717) is 10.2 Å². The fourth-order valence-electron chi connectivity index (χ4n) is 1.77. The summed E-state index contributed by atoms with van der Waals surface area (Å²) in [5.74, 6) is -1.52. The lowest BCUT2D eigenvalue weighted by molar-refractivity contribution is 0.0881. The summed E-state index contributed by atoms with van der Waals surface area (Å²) in [6.45, 7) is 3.49. The fraction of sp³-hybridized carbons (Fsp3) is 0.417. The molecule has 0 aromatic heterocycles. The summed E-state index contributed by atoms with van der Waals surface area (Å²) in [6.07, 6.45) is 0. The number of aliphatic hydroxyl groups is 1. The quantitative estimate of drug-likeness (QED) is 0.891. The Kier molecular flexibility index (Phi) is 4.34. The number of rotatable bonds is 4. The molecule has 0 saturated carbocycles. The minimum Gasteiger partial charge on any atom is -0.389 e. The molecule has 1 rings (SSSR count). The van der Waals surface area contributed by atoms with Crippen LogP contribution in [0.2, 0.25) is 0 Å². The van der Waals surface area contributed by atoms with E-state index in [1.165, 1.54) is 6.07 Å². The van der Waals surface area contributed by atoms with Crippen LogP contribution in [0.1, 0.15) is 24.2 Å². The van der Waals surface area contributed by atoms with Crippen molar-refractivity contribution in [1.82, 2.24) is 0 Å². The van der Waals surface area contributed by atoms with E-state index in [0.717, 1.165) is 0 Å². The minimum atomic E-state index is -0.970. The van der Waals surface area contributed by atoms with Gasteiger partial charge in [0.15, 0.2) is 0 Å². The summed E-state index contributed by atoms with van der Waals surface area (Å²) in [5, 5.41) is 9.75. The van der Waals surface area contributed by atoms with Gasteiger partial charge in [0.05, 0.1) is 16.9 Å². The summed E-state index contributed by atoms with van der Waals surface area (Å²) < 4.78 is 14.2. The van der Waals surface area contributed by atoms with E-state index >= 15 is 0 Å². The number of nitrogens with zero attached hydrogens (tertiary/aromatic N) is 1. The molecule has 0 fully saturated rings. The van der Waals surface area contributed by atoms with E-state index in [1.54, 1.807) is 31.9 Å². The van der Waals surface area contributed by atoms with Crippen molar-refractivity contribution in [3.05, 3.63) is 28.0 Å². The molecule has 6 heteroatoms. The van der Waals surface area contributed by atoms with Crippen LogP contribution < -0.4 is 10.6 Å². The number of carbonyl (C=O) groups is 1. The molecular weight excluding hydrogens is 303 g/mol. The molecule has 18 heavy (non-hydrogen) atoms. The smallest absolute Gasteiger partial charge is 0.253 e. The third-order valence-corrected chi connectivity index (χ3v) is 2.77. The number of primary amides is 1. The van der Waals surface area contributed by atoms with Crippen molar-refractivity contribution in [2.45, 2.75) is 19.4 Å². The molecule has 0 spiro atoms. The molecule has 1 amide bonds. The third kappa shape index (κ3) is 3.68. The number of likely N-dealkylation sites (N-methyl/N-ethyl adjacent to an activating group) is 1. The van der Waals surface area contributed by atoms with Gasteiger partial charge < -0.3 is 15.7 Å². The Morgan fingerprint density at radius 1 is 1.56 bits per heavy atom. The molecule has 0 saturated heterocycles. The molecule has 4 nitrogen and oxygen atoms in total. The van der Waals surface area contributed by atoms with Crippen molar-refractivity contribution in [1.29, 1.82) is 0 Å². The summed E-state index contributed by atoms with van der Waals surface area (Å²) >= 11 is 3.16. The van der Waals surface area contributed by atoms with Crippen molar-refractivity contribution in [2.24, 2.45) is 5.73 Å². The Balaban J connectivity index is 3.26. The number of hydrogen-bond acceptors (Lipinski definition) is 3. The van der Waals surface area contributed by atoms with Crippen molar-refractivity contribution < 1.29 is 14.3 Å². The van der Waals surface area contributed by atoms with Gasteiger partial charge in [0.2, 0.25) is 0 Å². The van der Waals surface area contributed by atoms with Crippen molar-refractivity contribution >= 4 is 27.5 Å². The number of carbonyl (C=O) groups excluding carboxylic acids is 1. The topological polar surface area (TPSA) is 66.6 Å². The molecule has 100 valence electrons. The van der Waals surface area contributed by atoms with Gasteiger partial charge in [-0.2, -0.15) is 0 Å². The van der Waals surface area contributed by atoms with Crippen LogP contribution >= 0.6 is 15.9 Å². The van der Waals surface area contributed by atoms with E-state index < -0.39 is 17.3 Å². The second-order valence-corrected chi connectivity index (χ2v) is 5.73. The van der Waals surface area contributed by atoms with Gasteiger partial charge in [0, 0.05) is 18.1 Å². The molecule has 0 aliphatic rings. The SMILES string of the molecule is CN(CC(C)(C)O)c1cc(Br)cc(F)c1C(N)=O. The summed E-state index contributed by atoms with van der Waals surface area (Å²) in [7, 11) is 1.66. The maximum atomic E-state index is 13.7. The predicted molar refractivity (Wildman–Crippen MR) is 72.2 cm³/mol. The first-order valence-electron chi connectivity index (χ1n) is 5.34. The van der Waals surface area contributed by atoms with E-state index in [1.807, 2.05) is 0 Å². The Hall–Kier alpha value is -1.14. The zero-order valence-electron chi connectivity index (χ0n) is 10.5. The monoisotopic (exact) mass is 318 g/mol. The standard InChI is InChI=1S/C12H16BrFN2O2/c1-12(2,18)6-16(3)9-5-7(13)4-8(14)10(9)11(15)17/h4-5,18H,6H2,1-3H3,(H2,15,17). The highest BCUT2D eigenvalue weighted by atomic mass is 79.9. The lowest BCUT2D eigenvalue weighted by Gasteiger charge is -2.28. The molecular formula is C12H16BrFN2O2. The summed E-state index contributed by atoms with van der Waals surface area (Å²) in [6, 6.07) is 2.77. The molecule has 0 aliphatic heterocycles. The zero-order chi connectivity index (χ0) is 14.1.